The lowest BCUT2D eigenvalue weighted by Gasteiger charge is -2.21. The molecule has 1 fully saturated rings. The molecule has 1 aliphatic rings. The smallest absolute Gasteiger partial charge is 0.305 e. The van der Waals surface area contributed by atoms with E-state index in [2.05, 4.69) is 4.90 Å². The summed E-state index contributed by atoms with van der Waals surface area (Å²) < 4.78 is 77.1. The summed E-state index contributed by atoms with van der Waals surface area (Å²) in [5.74, 6) is 0. The zero-order valence-corrected chi connectivity index (χ0v) is 12.6. The summed E-state index contributed by atoms with van der Waals surface area (Å²) in [4.78, 5) is 3.98. The molecule has 0 amide bonds. The Kier molecular flexibility index (Phi) is 5.25. The first-order valence-electron chi connectivity index (χ1n) is 7.25. The van der Waals surface area contributed by atoms with Crippen LogP contribution in [0.15, 0.2) is 18.2 Å². The molecule has 1 aromatic rings. The molecule has 0 bridgehead atoms. The Morgan fingerprint density at radius 3 is 1.91 bits per heavy atom. The van der Waals surface area contributed by atoms with Crippen molar-refractivity contribution < 1.29 is 26.3 Å². The van der Waals surface area contributed by atoms with Crippen LogP contribution in [0.4, 0.5) is 26.3 Å². The Morgan fingerprint density at radius 2 is 1.39 bits per heavy atom. The molecule has 0 aromatic heterocycles. The maximum atomic E-state index is 12.8. The van der Waals surface area contributed by atoms with Gasteiger partial charge in [0.15, 0.2) is 0 Å². The first-order valence-corrected chi connectivity index (χ1v) is 7.25. The van der Waals surface area contributed by atoms with Gasteiger partial charge < -0.3 is 4.90 Å². The topological polar surface area (TPSA) is 6.48 Å². The van der Waals surface area contributed by atoms with Gasteiger partial charge in [-0.2, -0.15) is 26.3 Å². The van der Waals surface area contributed by atoms with Crippen molar-refractivity contribution in [2.45, 2.75) is 25.3 Å². The summed E-state index contributed by atoms with van der Waals surface area (Å²) in [7, 11) is 1.94. The van der Waals surface area contributed by atoms with Crippen LogP contribution in [0.3, 0.4) is 0 Å². The van der Waals surface area contributed by atoms with Crippen LogP contribution in [-0.4, -0.2) is 43.0 Å². The highest BCUT2D eigenvalue weighted by Gasteiger charge is 2.37. The number of rotatable bonds is 2. The molecule has 1 saturated heterocycles. The molecular weight excluding hydrogens is 322 g/mol. The van der Waals surface area contributed by atoms with E-state index in [4.69, 9.17) is 0 Å². The van der Waals surface area contributed by atoms with Crippen molar-refractivity contribution in [3.63, 3.8) is 0 Å². The Bertz CT molecular complexity index is 505. The average Bonchev–Trinajstić information content (AvgIpc) is 2.61. The van der Waals surface area contributed by atoms with Crippen molar-refractivity contribution in [3.8, 4) is 0 Å². The fourth-order valence-electron chi connectivity index (χ4n) is 2.63. The van der Waals surface area contributed by atoms with Crippen molar-refractivity contribution in [3.05, 3.63) is 34.9 Å². The van der Waals surface area contributed by atoms with Gasteiger partial charge >= 0.3 is 12.4 Å². The van der Waals surface area contributed by atoms with Crippen LogP contribution in [0.5, 0.6) is 0 Å². The molecule has 2 nitrogen and oxygen atoms in total. The van der Waals surface area contributed by atoms with Gasteiger partial charge in [0.05, 0.1) is 11.1 Å². The van der Waals surface area contributed by atoms with Crippen molar-refractivity contribution in [1.82, 2.24) is 9.80 Å². The molecule has 23 heavy (non-hydrogen) atoms. The van der Waals surface area contributed by atoms with E-state index in [1.54, 1.807) is 0 Å². The molecule has 0 unspecified atom stereocenters. The van der Waals surface area contributed by atoms with Crippen LogP contribution in [0.2, 0.25) is 0 Å². The van der Waals surface area contributed by atoms with Crippen molar-refractivity contribution >= 4 is 0 Å². The van der Waals surface area contributed by atoms with Crippen molar-refractivity contribution in [2.24, 2.45) is 0 Å². The predicted octanol–water partition coefficient (Wildman–Crippen LogP) is 3.86. The highest BCUT2D eigenvalue weighted by molar-refractivity contribution is 5.33. The zero-order chi connectivity index (χ0) is 17.3. The number of hydrogen-bond donors (Lipinski definition) is 0. The predicted molar refractivity (Wildman–Crippen MR) is 73.8 cm³/mol. The highest BCUT2D eigenvalue weighted by atomic mass is 19.4. The number of likely N-dealkylation sites (N-methyl/N-ethyl adjacent to an activating group) is 1. The quantitative estimate of drug-likeness (QED) is 0.755. The lowest BCUT2D eigenvalue weighted by molar-refractivity contribution is -0.143. The Hall–Kier alpha value is -1.28. The molecule has 1 aliphatic heterocycles. The molecule has 0 radical (unpaired) electrons. The molecule has 2 rings (SSSR count). The fourth-order valence-corrected chi connectivity index (χ4v) is 2.63. The third-order valence-electron chi connectivity index (χ3n) is 3.87. The van der Waals surface area contributed by atoms with Gasteiger partial charge in [-0.1, -0.05) is 0 Å². The van der Waals surface area contributed by atoms with E-state index in [0.717, 1.165) is 31.6 Å². The lowest BCUT2D eigenvalue weighted by atomic mass is 10.0. The molecule has 1 heterocycles. The standard InChI is InChI=1S/C15H18F6N2/c1-22-3-2-4-23(6-5-22)10-11-7-12(14(16,17)18)9-13(8-11)15(19,20)21/h7-9H,2-6,10H2,1H3. The van der Waals surface area contributed by atoms with Crippen molar-refractivity contribution in [2.75, 3.05) is 33.2 Å². The number of halogens is 6. The Balaban J connectivity index is 2.26. The van der Waals surface area contributed by atoms with E-state index in [1.165, 1.54) is 0 Å². The van der Waals surface area contributed by atoms with Gasteiger partial charge in [-0.3, -0.25) is 4.90 Å². The maximum Gasteiger partial charge on any atom is 0.416 e. The second kappa shape index (κ2) is 6.68. The van der Waals surface area contributed by atoms with E-state index >= 15 is 0 Å². The normalized spacial score (nSPS) is 18.9. The average molecular weight is 340 g/mol. The number of benzene rings is 1. The Morgan fingerprint density at radius 1 is 0.826 bits per heavy atom. The summed E-state index contributed by atoms with van der Waals surface area (Å²) in [5.41, 5.74) is -2.47. The number of nitrogens with zero attached hydrogens (tertiary/aromatic N) is 2. The summed E-state index contributed by atoms with van der Waals surface area (Å²) in [6, 6.07) is 1.79. The zero-order valence-electron chi connectivity index (χ0n) is 12.6. The third kappa shape index (κ3) is 5.10. The molecule has 1 aromatic carbocycles. The Labute approximate surface area is 130 Å². The second-order valence-electron chi connectivity index (χ2n) is 5.85. The molecule has 130 valence electrons. The van der Waals surface area contributed by atoms with Gasteiger partial charge in [0.25, 0.3) is 0 Å². The van der Waals surface area contributed by atoms with E-state index in [1.807, 2.05) is 11.9 Å². The lowest BCUT2D eigenvalue weighted by Crippen LogP contribution is -2.28. The highest BCUT2D eigenvalue weighted by Crippen LogP contribution is 2.36. The minimum atomic E-state index is -4.80. The van der Waals surface area contributed by atoms with E-state index < -0.39 is 23.5 Å². The second-order valence-corrected chi connectivity index (χ2v) is 5.85. The van der Waals surface area contributed by atoms with Crippen LogP contribution >= 0.6 is 0 Å². The van der Waals surface area contributed by atoms with Crippen LogP contribution in [-0.2, 0) is 18.9 Å². The van der Waals surface area contributed by atoms with Gasteiger partial charge in [0.1, 0.15) is 0 Å². The minimum Gasteiger partial charge on any atom is -0.305 e. The molecular formula is C15H18F6N2. The monoisotopic (exact) mass is 340 g/mol. The van der Waals surface area contributed by atoms with Gasteiger partial charge in [-0.15, -0.1) is 0 Å². The summed E-state index contributed by atoms with van der Waals surface area (Å²) >= 11 is 0. The first kappa shape index (κ1) is 18.1. The third-order valence-corrected chi connectivity index (χ3v) is 3.87. The van der Waals surface area contributed by atoms with Crippen LogP contribution in [0.1, 0.15) is 23.1 Å². The summed E-state index contributed by atoms with van der Waals surface area (Å²) in [6.45, 7) is 2.97. The molecule has 0 saturated carbocycles. The van der Waals surface area contributed by atoms with E-state index in [-0.39, 0.29) is 18.2 Å². The SMILES string of the molecule is CN1CCCN(Cc2cc(C(F)(F)F)cc(C(F)(F)F)c2)CC1. The largest absolute Gasteiger partial charge is 0.416 e. The van der Waals surface area contributed by atoms with E-state index in [0.29, 0.717) is 13.1 Å². The van der Waals surface area contributed by atoms with Gasteiger partial charge in [0.2, 0.25) is 0 Å². The molecule has 0 N–H and O–H groups in total. The van der Waals surface area contributed by atoms with Gasteiger partial charge in [0, 0.05) is 19.6 Å². The van der Waals surface area contributed by atoms with Crippen LogP contribution in [0, 0.1) is 0 Å². The molecule has 8 heteroatoms. The minimum absolute atomic E-state index is 0.0386. The molecule has 0 spiro atoms. The van der Waals surface area contributed by atoms with Gasteiger partial charge in [-0.25, -0.2) is 0 Å². The first-order chi connectivity index (χ1) is 10.6. The van der Waals surface area contributed by atoms with Crippen molar-refractivity contribution in [1.29, 1.82) is 0 Å². The van der Waals surface area contributed by atoms with Gasteiger partial charge in [-0.05, 0) is 50.3 Å². The van der Waals surface area contributed by atoms with Crippen LogP contribution < -0.4 is 0 Å². The van der Waals surface area contributed by atoms with Crippen LogP contribution in [0.25, 0.3) is 0 Å². The fraction of sp³-hybridized carbons (Fsp3) is 0.600. The number of alkyl halides is 6. The summed E-state index contributed by atoms with van der Waals surface area (Å²) in [5, 5.41) is 0. The maximum absolute atomic E-state index is 12.8. The molecule has 0 atom stereocenters. The number of hydrogen-bond acceptors (Lipinski definition) is 2. The van der Waals surface area contributed by atoms with E-state index in [9.17, 15) is 26.3 Å². The summed E-state index contributed by atoms with van der Waals surface area (Å²) in [6.07, 6.45) is -8.76. The molecule has 0 aliphatic carbocycles.